The summed E-state index contributed by atoms with van der Waals surface area (Å²) < 4.78 is 12.1. The van der Waals surface area contributed by atoms with Crippen molar-refractivity contribution in [3.63, 3.8) is 0 Å². The van der Waals surface area contributed by atoms with Gasteiger partial charge in [-0.25, -0.2) is 0 Å². The van der Waals surface area contributed by atoms with Crippen LogP contribution in [-0.4, -0.2) is 17.5 Å². The van der Waals surface area contributed by atoms with Crippen LogP contribution in [0.1, 0.15) is 99.8 Å². The first-order valence-corrected chi connectivity index (χ1v) is 8.50. The lowest BCUT2D eigenvalue weighted by atomic mass is 10.1. The Balaban J connectivity index is 3.92. The molecule has 0 aliphatic rings. The Hall–Kier alpha value is -0.0800. The smallest absolute Gasteiger partial charge is 0.158 e. The summed E-state index contributed by atoms with van der Waals surface area (Å²) in [7, 11) is 0. The van der Waals surface area contributed by atoms with E-state index in [0.717, 1.165) is 6.42 Å². The molecule has 0 aliphatic heterocycles. The largest absolute Gasteiger partial charge is 0.347 e. The third-order valence-corrected chi connectivity index (χ3v) is 3.01. The zero-order chi connectivity index (χ0) is 15.6. The van der Waals surface area contributed by atoms with Crippen LogP contribution in [0.15, 0.2) is 0 Å². The summed E-state index contributed by atoms with van der Waals surface area (Å²) in [5.41, 5.74) is -0.284. The van der Waals surface area contributed by atoms with E-state index in [0.29, 0.717) is 0 Å². The lowest BCUT2D eigenvalue weighted by molar-refractivity contribution is -0.236. The Morgan fingerprint density at radius 2 is 1.05 bits per heavy atom. The molecule has 122 valence electrons. The van der Waals surface area contributed by atoms with E-state index >= 15 is 0 Å². The normalized spacial score (nSPS) is 13.2. The van der Waals surface area contributed by atoms with Crippen LogP contribution in [0.2, 0.25) is 0 Å². The molecule has 0 aromatic carbocycles. The van der Waals surface area contributed by atoms with E-state index in [4.69, 9.17) is 9.47 Å². The molecule has 0 unspecified atom stereocenters. The van der Waals surface area contributed by atoms with E-state index < -0.39 is 0 Å². The summed E-state index contributed by atoms with van der Waals surface area (Å²) in [5, 5.41) is 0. The highest BCUT2D eigenvalue weighted by Gasteiger charge is 2.23. The van der Waals surface area contributed by atoms with E-state index in [1.165, 1.54) is 44.9 Å². The van der Waals surface area contributed by atoms with Gasteiger partial charge >= 0.3 is 0 Å². The van der Waals surface area contributed by atoms with Gasteiger partial charge in [-0.3, -0.25) is 0 Å². The quantitative estimate of drug-likeness (QED) is 0.358. The van der Waals surface area contributed by atoms with Gasteiger partial charge in [0.25, 0.3) is 0 Å². The van der Waals surface area contributed by atoms with Crippen LogP contribution in [0, 0.1) is 0 Å². The maximum absolute atomic E-state index is 6.04. The minimum atomic E-state index is -0.142. The molecule has 0 saturated carbocycles. The van der Waals surface area contributed by atoms with Gasteiger partial charge in [-0.05, 0) is 54.4 Å². The second kappa shape index (κ2) is 9.78. The first-order chi connectivity index (χ1) is 9.14. The van der Waals surface area contributed by atoms with Crippen molar-refractivity contribution < 1.29 is 9.47 Å². The van der Waals surface area contributed by atoms with Gasteiger partial charge in [0.1, 0.15) is 0 Å². The van der Waals surface area contributed by atoms with Crippen LogP contribution in [0.25, 0.3) is 0 Å². The van der Waals surface area contributed by atoms with Gasteiger partial charge in [0.05, 0.1) is 11.2 Å². The topological polar surface area (TPSA) is 18.5 Å². The van der Waals surface area contributed by atoms with Crippen molar-refractivity contribution in [3.05, 3.63) is 0 Å². The Labute approximate surface area is 127 Å². The molecule has 20 heavy (non-hydrogen) atoms. The maximum Gasteiger partial charge on any atom is 0.158 e. The second-order valence-corrected chi connectivity index (χ2v) is 7.80. The predicted molar refractivity (Wildman–Crippen MR) is 88.1 cm³/mol. The SMILES string of the molecule is CCCCCCCCCC(OC(C)(C)C)OC(C)(C)C. The third kappa shape index (κ3) is 14.3. The van der Waals surface area contributed by atoms with Crippen molar-refractivity contribution in [2.45, 2.75) is 117 Å². The van der Waals surface area contributed by atoms with Crippen LogP contribution in [-0.2, 0) is 9.47 Å². The Kier molecular flexibility index (Phi) is 9.74. The standard InChI is InChI=1S/C18H38O2/c1-8-9-10-11-12-13-14-15-16(19-17(2,3)4)20-18(5,6)7/h16H,8-15H2,1-7H3. The summed E-state index contributed by atoms with van der Waals surface area (Å²) in [6.45, 7) is 14.8. The molecule has 0 heterocycles. The summed E-state index contributed by atoms with van der Waals surface area (Å²) >= 11 is 0. The zero-order valence-electron chi connectivity index (χ0n) is 15.1. The van der Waals surface area contributed by atoms with Crippen molar-refractivity contribution in [3.8, 4) is 0 Å². The minimum absolute atomic E-state index is 0.0781. The molecule has 0 atom stereocenters. The fourth-order valence-electron chi connectivity index (χ4n) is 2.20. The summed E-state index contributed by atoms with van der Waals surface area (Å²) in [6, 6.07) is 0. The lowest BCUT2D eigenvalue weighted by Crippen LogP contribution is -2.35. The van der Waals surface area contributed by atoms with Gasteiger partial charge in [-0.15, -0.1) is 0 Å². The zero-order valence-corrected chi connectivity index (χ0v) is 15.1. The number of ether oxygens (including phenoxy) is 2. The highest BCUT2D eigenvalue weighted by molar-refractivity contribution is 4.66. The van der Waals surface area contributed by atoms with Crippen molar-refractivity contribution in [1.82, 2.24) is 0 Å². The van der Waals surface area contributed by atoms with Crippen LogP contribution in [0.5, 0.6) is 0 Å². The molecular weight excluding hydrogens is 248 g/mol. The van der Waals surface area contributed by atoms with Crippen LogP contribution >= 0.6 is 0 Å². The molecule has 2 heteroatoms. The van der Waals surface area contributed by atoms with Crippen molar-refractivity contribution in [2.75, 3.05) is 0 Å². The Morgan fingerprint density at radius 1 is 0.650 bits per heavy atom. The number of hydrogen-bond donors (Lipinski definition) is 0. The van der Waals surface area contributed by atoms with Gasteiger partial charge in [0, 0.05) is 0 Å². The number of rotatable bonds is 10. The molecule has 0 radical (unpaired) electrons. The van der Waals surface area contributed by atoms with E-state index in [-0.39, 0.29) is 17.5 Å². The second-order valence-electron chi connectivity index (χ2n) is 7.80. The average molecular weight is 286 g/mol. The van der Waals surface area contributed by atoms with E-state index in [9.17, 15) is 0 Å². The first kappa shape index (κ1) is 19.9. The first-order valence-electron chi connectivity index (χ1n) is 8.50. The predicted octanol–water partition coefficient (Wildman–Crippen LogP) is 6.08. The van der Waals surface area contributed by atoms with Gasteiger partial charge in [0.2, 0.25) is 0 Å². The van der Waals surface area contributed by atoms with Gasteiger partial charge in [-0.2, -0.15) is 0 Å². The molecule has 0 N–H and O–H groups in total. The van der Waals surface area contributed by atoms with Crippen molar-refractivity contribution in [1.29, 1.82) is 0 Å². The van der Waals surface area contributed by atoms with Crippen molar-refractivity contribution in [2.24, 2.45) is 0 Å². The number of unbranched alkanes of at least 4 members (excludes halogenated alkanes) is 6. The molecule has 0 aromatic heterocycles. The fourth-order valence-corrected chi connectivity index (χ4v) is 2.20. The van der Waals surface area contributed by atoms with Crippen LogP contribution < -0.4 is 0 Å². The average Bonchev–Trinajstić information content (AvgIpc) is 2.23. The van der Waals surface area contributed by atoms with Gasteiger partial charge in [-0.1, -0.05) is 45.4 Å². The van der Waals surface area contributed by atoms with Gasteiger partial charge < -0.3 is 9.47 Å². The minimum Gasteiger partial charge on any atom is -0.347 e. The molecule has 0 aliphatic carbocycles. The highest BCUT2D eigenvalue weighted by Crippen LogP contribution is 2.22. The molecule has 2 nitrogen and oxygen atoms in total. The summed E-state index contributed by atoms with van der Waals surface area (Å²) in [5.74, 6) is 0. The molecule has 0 spiro atoms. The third-order valence-electron chi connectivity index (χ3n) is 3.01. The van der Waals surface area contributed by atoms with E-state index in [1.54, 1.807) is 0 Å². The summed E-state index contributed by atoms with van der Waals surface area (Å²) in [4.78, 5) is 0. The lowest BCUT2D eigenvalue weighted by Gasteiger charge is -2.32. The maximum atomic E-state index is 6.04. The molecule has 0 saturated heterocycles. The molecule has 0 fully saturated rings. The highest BCUT2D eigenvalue weighted by atomic mass is 16.7. The van der Waals surface area contributed by atoms with E-state index in [1.807, 2.05) is 0 Å². The Morgan fingerprint density at radius 3 is 1.45 bits per heavy atom. The molecule has 0 bridgehead atoms. The Bertz CT molecular complexity index is 207. The van der Waals surface area contributed by atoms with Crippen molar-refractivity contribution >= 4 is 0 Å². The monoisotopic (exact) mass is 286 g/mol. The van der Waals surface area contributed by atoms with Crippen LogP contribution in [0.4, 0.5) is 0 Å². The molecule has 0 amide bonds. The molecular formula is C18H38O2. The number of hydrogen-bond acceptors (Lipinski definition) is 2. The fraction of sp³-hybridized carbons (Fsp3) is 1.00. The summed E-state index contributed by atoms with van der Waals surface area (Å²) in [6.07, 6.45) is 10.2. The molecule has 0 rings (SSSR count). The van der Waals surface area contributed by atoms with E-state index in [2.05, 4.69) is 48.5 Å². The molecule has 0 aromatic rings. The van der Waals surface area contributed by atoms with Gasteiger partial charge in [0.15, 0.2) is 6.29 Å². The van der Waals surface area contributed by atoms with Crippen LogP contribution in [0.3, 0.4) is 0 Å².